The van der Waals surface area contributed by atoms with Gasteiger partial charge in [0.25, 0.3) is 0 Å². The molecule has 1 aromatic carbocycles. The van der Waals surface area contributed by atoms with E-state index in [1.807, 2.05) is 0 Å². The molecule has 3 nitrogen and oxygen atoms in total. The Bertz CT molecular complexity index is 385. The molecule has 1 unspecified atom stereocenters. The van der Waals surface area contributed by atoms with Crippen molar-refractivity contribution >= 4 is 0 Å². The maximum atomic E-state index is 6.30. The van der Waals surface area contributed by atoms with Gasteiger partial charge in [-0.3, -0.25) is 0 Å². The predicted octanol–water partition coefficient (Wildman–Crippen LogP) is 2.22. The normalized spacial score (nSPS) is 19.0. The average molecular weight is 289 g/mol. The highest BCUT2D eigenvalue weighted by molar-refractivity contribution is 5.14. The molecule has 118 valence electrons. The van der Waals surface area contributed by atoms with Crippen molar-refractivity contribution in [1.29, 1.82) is 0 Å². The number of piperidine rings is 1. The number of aryl methyl sites for hydroxylation is 1. The third kappa shape index (κ3) is 6.16. The summed E-state index contributed by atoms with van der Waals surface area (Å²) < 4.78 is 0. The number of nitrogens with zero attached hydrogens (tertiary/aromatic N) is 2. The van der Waals surface area contributed by atoms with Crippen LogP contribution in [0.5, 0.6) is 0 Å². The standard InChI is InChI=1S/C18H31N3/c1-20-12-10-17(11-13-20)14-21(2)15-18(19)9-8-16-6-4-3-5-7-16/h3-7,17-18H,8-15,19H2,1-2H3. The fourth-order valence-corrected chi connectivity index (χ4v) is 3.25. The van der Waals surface area contributed by atoms with E-state index in [1.165, 1.54) is 38.0 Å². The van der Waals surface area contributed by atoms with E-state index < -0.39 is 0 Å². The molecule has 21 heavy (non-hydrogen) atoms. The van der Waals surface area contributed by atoms with Crippen LogP contribution in [0.2, 0.25) is 0 Å². The second-order valence-corrected chi connectivity index (χ2v) is 6.75. The summed E-state index contributed by atoms with van der Waals surface area (Å²) in [6.45, 7) is 4.71. The number of hydrogen-bond donors (Lipinski definition) is 1. The molecule has 0 amide bonds. The van der Waals surface area contributed by atoms with Crippen molar-refractivity contribution in [2.24, 2.45) is 11.7 Å². The molecule has 0 bridgehead atoms. The van der Waals surface area contributed by atoms with E-state index in [9.17, 15) is 0 Å². The maximum absolute atomic E-state index is 6.30. The molecule has 2 rings (SSSR count). The Kier molecular flexibility index (Phi) is 6.68. The van der Waals surface area contributed by atoms with Crippen molar-refractivity contribution in [1.82, 2.24) is 9.80 Å². The molecule has 2 N–H and O–H groups in total. The molecule has 1 fully saturated rings. The van der Waals surface area contributed by atoms with E-state index in [2.05, 4.69) is 54.2 Å². The second kappa shape index (κ2) is 8.52. The molecule has 3 heteroatoms. The van der Waals surface area contributed by atoms with Gasteiger partial charge < -0.3 is 15.5 Å². The van der Waals surface area contributed by atoms with Crippen LogP contribution in [0, 0.1) is 5.92 Å². The molecule has 1 aliphatic rings. The zero-order valence-corrected chi connectivity index (χ0v) is 13.7. The van der Waals surface area contributed by atoms with Gasteiger partial charge in [0.15, 0.2) is 0 Å². The second-order valence-electron chi connectivity index (χ2n) is 6.75. The van der Waals surface area contributed by atoms with Crippen LogP contribution in [-0.4, -0.2) is 56.1 Å². The van der Waals surface area contributed by atoms with Crippen molar-refractivity contribution in [3.05, 3.63) is 35.9 Å². The van der Waals surface area contributed by atoms with Gasteiger partial charge in [-0.25, -0.2) is 0 Å². The Labute approximate surface area is 130 Å². The van der Waals surface area contributed by atoms with Crippen LogP contribution in [0.25, 0.3) is 0 Å². The van der Waals surface area contributed by atoms with Crippen LogP contribution in [0.1, 0.15) is 24.8 Å². The molecule has 1 heterocycles. The van der Waals surface area contributed by atoms with Crippen molar-refractivity contribution < 1.29 is 0 Å². The van der Waals surface area contributed by atoms with E-state index in [1.54, 1.807) is 0 Å². The first-order valence-electron chi connectivity index (χ1n) is 8.30. The smallest absolute Gasteiger partial charge is 0.0170 e. The summed E-state index contributed by atoms with van der Waals surface area (Å²) in [6, 6.07) is 10.9. The van der Waals surface area contributed by atoms with Crippen LogP contribution in [0.3, 0.4) is 0 Å². The fourth-order valence-electron chi connectivity index (χ4n) is 3.25. The summed E-state index contributed by atoms with van der Waals surface area (Å²) in [5.41, 5.74) is 7.69. The molecule has 1 aromatic rings. The molecule has 0 spiro atoms. The fraction of sp³-hybridized carbons (Fsp3) is 0.667. The molecule has 1 aliphatic heterocycles. The molecule has 1 atom stereocenters. The number of likely N-dealkylation sites (N-methyl/N-ethyl adjacent to an activating group) is 1. The van der Waals surface area contributed by atoms with Crippen molar-refractivity contribution in [2.75, 3.05) is 40.3 Å². The minimum Gasteiger partial charge on any atom is -0.327 e. The molecule has 0 saturated carbocycles. The van der Waals surface area contributed by atoms with Crippen LogP contribution in [-0.2, 0) is 6.42 Å². The van der Waals surface area contributed by atoms with Crippen LogP contribution >= 0.6 is 0 Å². The lowest BCUT2D eigenvalue weighted by atomic mass is 9.96. The van der Waals surface area contributed by atoms with Gasteiger partial charge in [0.1, 0.15) is 0 Å². The highest BCUT2D eigenvalue weighted by Gasteiger charge is 2.18. The SMILES string of the molecule is CN1CCC(CN(C)CC(N)CCc2ccccc2)CC1. The summed E-state index contributed by atoms with van der Waals surface area (Å²) >= 11 is 0. The van der Waals surface area contributed by atoms with Gasteiger partial charge in [-0.15, -0.1) is 0 Å². The van der Waals surface area contributed by atoms with Gasteiger partial charge in [-0.2, -0.15) is 0 Å². The Morgan fingerprint density at radius 3 is 2.57 bits per heavy atom. The highest BCUT2D eigenvalue weighted by atomic mass is 15.1. The largest absolute Gasteiger partial charge is 0.327 e. The van der Waals surface area contributed by atoms with E-state index in [0.717, 1.165) is 25.3 Å². The topological polar surface area (TPSA) is 32.5 Å². The van der Waals surface area contributed by atoms with Crippen LogP contribution in [0.15, 0.2) is 30.3 Å². The van der Waals surface area contributed by atoms with E-state index in [-0.39, 0.29) is 6.04 Å². The number of rotatable bonds is 7. The predicted molar refractivity (Wildman–Crippen MR) is 90.5 cm³/mol. The zero-order chi connectivity index (χ0) is 15.1. The van der Waals surface area contributed by atoms with Crippen molar-refractivity contribution in [3.63, 3.8) is 0 Å². The maximum Gasteiger partial charge on any atom is 0.0170 e. The van der Waals surface area contributed by atoms with Gasteiger partial charge >= 0.3 is 0 Å². The molecule has 0 aromatic heterocycles. The first kappa shape index (κ1) is 16.5. The third-order valence-corrected chi connectivity index (χ3v) is 4.60. The van der Waals surface area contributed by atoms with Gasteiger partial charge in [-0.1, -0.05) is 30.3 Å². The van der Waals surface area contributed by atoms with Gasteiger partial charge in [0.05, 0.1) is 0 Å². The van der Waals surface area contributed by atoms with Gasteiger partial charge in [-0.05, 0) is 64.3 Å². The summed E-state index contributed by atoms with van der Waals surface area (Å²) in [4.78, 5) is 4.87. The Morgan fingerprint density at radius 1 is 1.24 bits per heavy atom. The monoisotopic (exact) mass is 289 g/mol. The van der Waals surface area contributed by atoms with Gasteiger partial charge in [0, 0.05) is 19.1 Å². The molecule has 0 radical (unpaired) electrons. The molecular formula is C18H31N3. The number of hydrogen-bond acceptors (Lipinski definition) is 3. The minimum atomic E-state index is 0.279. The Hall–Kier alpha value is -0.900. The average Bonchev–Trinajstić information content (AvgIpc) is 2.48. The summed E-state index contributed by atoms with van der Waals surface area (Å²) in [5.74, 6) is 0.854. The number of benzene rings is 1. The molecule has 1 saturated heterocycles. The molecule has 0 aliphatic carbocycles. The quantitative estimate of drug-likeness (QED) is 0.835. The van der Waals surface area contributed by atoms with Crippen molar-refractivity contribution in [2.45, 2.75) is 31.7 Å². The van der Waals surface area contributed by atoms with Crippen LogP contribution in [0.4, 0.5) is 0 Å². The number of likely N-dealkylation sites (tertiary alicyclic amines) is 1. The Morgan fingerprint density at radius 2 is 1.90 bits per heavy atom. The summed E-state index contributed by atoms with van der Waals surface area (Å²) in [7, 11) is 4.44. The third-order valence-electron chi connectivity index (χ3n) is 4.60. The zero-order valence-electron chi connectivity index (χ0n) is 13.7. The van der Waals surface area contributed by atoms with E-state index in [0.29, 0.717) is 0 Å². The Balaban J connectivity index is 1.64. The van der Waals surface area contributed by atoms with Crippen molar-refractivity contribution in [3.8, 4) is 0 Å². The van der Waals surface area contributed by atoms with E-state index >= 15 is 0 Å². The minimum absolute atomic E-state index is 0.279. The molecular weight excluding hydrogens is 258 g/mol. The van der Waals surface area contributed by atoms with Gasteiger partial charge in [0.2, 0.25) is 0 Å². The highest BCUT2D eigenvalue weighted by Crippen LogP contribution is 2.17. The van der Waals surface area contributed by atoms with E-state index in [4.69, 9.17) is 5.73 Å². The lowest BCUT2D eigenvalue weighted by Gasteiger charge is -2.32. The summed E-state index contributed by atoms with van der Waals surface area (Å²) in [5, 5.41) is 0. The lowest BCUT2D eigenvalue weighted by Crippen LogP contribution is -2.40. The van der Waals surface area contributed by atoms with Crippen LogP contribution < -0.4 is 5.73 Å². The first-order chi connectivity index (χ1) is 10.1. The first-order valence-corrected chi connectivity index (χ1v) is 8.30. The lowest BCUT2D eigenvalue weighted by molar-refractivity contribution is 0.172. The summed E-state index contributed by atoms with van der Waals surface area (Å²) in [6.07, 6.45) is 4.83. The number of nitrogens with two attached hydrogens (primary N) is 1.